The van der Waals surface area contributed by atoms with Crippen LogP contribution in [0.15, 0.2) is 48.5 Å². The number of carbonyl (C=O) groups is 2. The highest BCUT2D eigenvalue weighted by Gasteiger charge is 2.35. The molecule has 0 bridgehead atoms. The van der Waals surface area contributed by atoms with E-state index in [0.717, 1.165) is 15.3 Å². The summed E-state index contributed by atoms with van der Waals surface area (Å²) >= 11 is 6.25. The van der Waals surface area contributed by atoms with Gasteiger partial charge in [0.2, 0.25) is 5.91 Å². The monoisotopic (exact) mass is 439 g/mol. The molecule has 1 saturated heterocycles. The lowest BCUT2D eigenvalue weighted by Gasteiger charge is -2.31. The van der Waals surface area contributed by atoms with E-state index in [4.69, 9.17) is 11.6 Å². The van der Waals surface area contributed by atoms with Gasteiger partial charge in [-0.05, 0) is 31.2 Å². The average Bonchev–Trinajstić information content (AvgIpc) is 3.51. The summed E-state index contributed by atoms with van der Waals surface area (Å²) in [5.74, 6) is -1.74. The number of anilines is 1. The van der Waals surface area contributed by atoms with Crippen LogP contribution in [-0.2, 0) is 19.8 Å². The third-order valence-electron chi connectivity index (χ3n) is 4.35. The second-order valence-corrected chi connectivity index (χ2v) is 8.67. The van der Waals surface area contributed by atoms with Crippen molar-refractivity contribution in [2.45, 2.75) is 13.0 Å². The van der Waals surface area contributed by atoms with Crippen molar-refractivity contribution in [2.24, 2.45) is 0 Å². The van der Waals surface area contributed by atoms with Gasteiger partial charge in [-0.2, -0.15) is 17.4 Å². The summed E-state index contributed by atoms with van der Waals surface area (Å²) in [7, 11) is -3.77. The Hall–Kier alpha value is -2.33. The second-order valence-electron chi connectivity index (χ2n) is 6.50. The number of benzene rings is 2. The first kappa shape index (κ1) is 21.4. The van der Waals surface area contributed by atoms with Gasteiger partial charge in [0.25, 0.3) is 10.2 Å². The van der Waals surface area contributed by atoms with E-state index in [9.17, 15) is 22.4 Å². The van der Waals surface area contributed by atoms with Gasteiger partial charge in [-0.15, -0.1) is 0 Å². The fourth-order valence-corrected chi connectivity index (χ4v) is 4.20. The van der Waals surface area contributed by atoms with E-state index in [2.05, 4.69) is 4.72 Å². The van der Waals surface area contributed by atoms with Gasteiger partial charge in [-0.3, -0.25) is 14.5 Å². The Balaban J connectivity index is 2.00. The molecule has 1 N–H and O–H groups in total. The maximum absolute atomic E-state index is 13.9. The topological polar surface area (TPSA) is 86.6 Å². The highest BCUT2D eigenvalue weighted by molar-refractivity contribution is 7.87. The molecule has 1 atom stereocenters. The van der Waals surface area contributed by atoms with Crippen LogP contribution < -0.4 is 9.62 Å². The summed E-state index contributed by atoms with van der Waals surface area (Å²) in [6.45, 7) is 1.46. The number of amides is 1. The van der Waals surface area contributed by atoms with Crippen LogP contribution in [0.2, 0.25) is 5.02 Å². The number of hydrogen-bond acceptors (Lipinski definition) is 4. The minimum absolute atomic E-state index is 0.112. The molecular weight excluding hydrogens is 421 g/mol. The summed E-state index contributed by atoms with van der Waals surface area (Å²) in [5, 5.41) is 0.256. The van der Waals surface area contributed by atoms with E-state index in [0.29, 0.717) is 18.7 Å². The molecule has 1 fully saturated rings. The van der Waals surface area contributed by atoms with Gasteiger partial charge < -0.3 is 0 Å². The predicted octanol–water partition coefficient (Wildman–Crippen LogP) is 2.29. The van der Waals surface area contributed by atoms with Crippen molar-refractivity contribution in [2.75, 3.05) is 24.5 Å². The summed E-state index contributed by atoms with van der Waals surface area (Å²) in [6.07, 6.45) is 0. The molecule has 1 heterocycles. The van der Waals surface area contributed by atoms with Gasteiger partial charge in [0, 0.05) is 29.4 Å². The first-order valence-corrected chi connectivity index (χ1v) is 10.6. The number of nitrogens with zero attached hydrogens (tertiary/aromatic N) is 2. The molecule has 2 aromatic carbocycles. The highest BCUT2D eigenvalue weighted by Crippen LogP contribution is 2.32. The van der Waals surface area contributed by atoms with Crippen molar-refractivity contribution < 1.29 is 22.4 Å². The zero-order chi connectivity index (χ0) is 21.2. The van der Waals surface area contributed by atoms with Crippen molar-refractivity contribution in [3.8, 4) is 0 Å². The van der Waals surface area contributed by atoms with Crippen LogP contribution in [0.1, 0.15) is 18.5 Å². The minimum Gasteiger partial charge on any atom is -0.297 e. The van der Waals surface area contributed by atoms with Gasteiger partial charge in [0.15, 0.2) is 5.78 Å². The SMILES string of the molecule is CC(=O)C(c1ccccc1Cl)N(C(=O)CNS(=O)(=O)N1CC1)c1cccc(F)c1. The Morgan fingerprint density at radius 2 is 1.90 bits per heavy atom. The Labute approximate surface area is 173 Å². The number of rotatable bonds is 8. The molecule has 154 valence electrons. The van der Waals surface area contributed by atoms with Gasteiger partial charge in [0.1, 0.15) is 11.9 Å². The summed E-state index contributed by atoms with van der Waals surface area (Å²) < 4.78 is 41.3. The highest BCUT2D eigenvalue weighted by atomic mass is 35.5. The van der Waals surface area contributed by atoms with Crippen LogP contribution in [0.4, 0.5) is 10.1 Å². The lowest BCUT2D eigenvalue weighted by Crippen LogP contribution is -2.45. The van der Waals surface area contributed by atoms with Crippen molar-refractivity contribution in [1.29, 1.82) is 0 Å². The van der Waals surface area contributed by atoms with Crippen molar-refractivity contribution >= 4 is 39.2 Å². The third-order valence-corrected chi connectivity index (χ3v) is 6.25. The number of hydrogen-bond donors (Lipinski definition) is 1. The summed E-state index contributed by atoms with van der Waals surface area (Å²) in [4.78, 5) is 26.6. The quantitative estimate of drug-likeness (QED) is 0.639. The van der Waals surface area contributed by atoms with E-state index >= 15 is 0 Å². The Morgan fingerprint density at radius 1 is 1.21 bits per heavy atom. The molecule has 0 spiro atoms. The molecule has 0 radical (unpaired) electrons. The summed E-state index contributed by atoms with van der Waals surface area (Å²) in [6, 6.07) is 10.5. The fraction of sp³-hybridized carbons (Fsp3) is 0.263. The third kappa shape index (κ3) is 4.99. The van der Waals surface area contributed by atoms with Gasteiger partial charge in [-0.1, -0.05) is 35.9 Å². The van der Waals surface area contributed by atoms with E-state index < -0.39 is 40.3 Å². The molecule has 7 nitrogen and oxygen atoms in total. The van der Waals surface area contributed by atoms with Crippen LogP contribution >= 0.6 is 11.6 Å². The van der Waals surface area contributed by atoms with Crippen LogP contribution in [0.3, 0.4) is 0 Å². The Kier molecular flexibility index (Phi) is 6.33. The molecule has 1 amide bonds. The van der Waals surface area contributed by atoms with Crippen LogP contribution in [0, 0.1) is 5.82 Å². The molecule has 10 heteroatoms. The minimum atomic E-state index is -3.77. The zero-order valence-electron chi connectivity index (χ0n) is 15.5. The zero-order valence-corrected chi connectivity index (χ0v) is 17.1. The van der Waals surface area contributed by atoms with Crippen molar-refractivity contribution in [3.05, 3.63) is 64.9 Å². The number of Topliss-reactive ketones (excluding diaryl/α,β-unsaturated/α-hetero) is 1. The Morgan fingerprint density at radius 3 is 2.48 bits per heavy atom. The molecule has 3 rings (SSSR count). The van der Waals surface area contributed by atoms with Gasteiger partial charge in [0.05, 0.1) is 6.54 Å². The number of nitrogens with one attached hydrogen (secondary N) is 1. The van der Waals surface area contributed by atoms with Crippen molar-refractivity contribution in [1.82, 2.24) is 9.03 Å². The predicted molar refractivity (Wildman–Crippen MR) is 107 cm³/mol. The maximum Gasteiger partial charge on any atom is 0.280 e. The van der Waals surface area contributed by atoms with E-state index in [1.54, 1.807) is 24.3 Å². The normalized spacial score (nSPS) is 15.0. The molecule has 1 aliphatic rings. The van der Waals surface area contributed by atoms with Crippen LogP contribution in [-0.4, -0.2) is 44.0 Å². The number of carbonyl (C=O) groups excluding carboxylic acids is 2. The standard InChI is InChI=1S/C19H19ClFN3O4S/c1-13(25)19(16-7-2-3-8-17(16)20)24(15-6-4-5-14(21)11-15)18(26)12-22-29(27,28)23-9-10-23/h2-8,11,19,22H,9-10,12H2,1H3. The maximum atomic E-state index is 13.9. The molecule has 1 unspecified atom stereocenters. The molecule has 1 aliphatic heterocycles. The molecule has 2 aromatic rings. The van der Waals surface area contributed by atoms with Crippen molar-refractivity contribution in [3.63, 3.8) is 0 Å². The molecule has 29 heavy (non-hydrogen) atoms. The van der Waals surface area contributed by atoms with Gasteiger partial charge in [-0.25, -0.2) is 4.39 Å². The molecular formula is C19H19ClFN3O4S. The van der Waals surface area contributed by atoms with Gasteiger partial charge >= 0.3 is 0 Å². The smallest absolute Gasteiger partial charge is 0.280 e. The first-order valence-electron chi connectivity index (χ1n) is 8.78. The molecule has 0 saturated carbocycles. The van der Waals surface area contributed by atoms with E-state index in [1.165, 1.54) is 25.1 Å². The van der Waals surface area contributed by atoms with E-state index in [1.807, 2.05) is 0 Å². The fourth-order valence-electron chi connectivity index (χ4n) is 2.91. The lowest BCUT2D eigenvalue weighted by atomic mass is 10.0. The first-order chi connectivity index (χ1) is 13.7. The number of halogens is 2. The second kappa shape index (κ2) is 8.58. The lowest BCUT2D eigenvalue weighted by molar-refractivity contribution is -0.123. The largest absolute Gasteiger partial charge is 0.297 e. The van der Waals surface area contributed by atoms with Crippen LogP contribution in [0.25, 0.3) is 0 Å². The summed E-state index contributed by atoms with van der Waals surface area (Å²) in [5.41, 5.74) is 0.467. The molecule has 0 aliphatic carbocycles. The van der Waals surface area contributed by atoms with Crippen LogP contribution in [0.5, 0.6) is 0 Å². The van der Waals surface area contributed by atoms with E-state index in [-0.39, 0.29) is 10.7 Å². The number of ketones is 1. The Bertz CT molecular complexity index is 1040. The average molecular weight is 440 g/mol. The molecule has 0 aromatic heterocycles.